The number of ether oxygens (including phenoxy) is 1. The molecule has 2 aliphatic rings. The molecule has 16 heavy (non-hydrogen) atoms. The Morgan fingerprint density at radius 3 is 2.81 bits per heavy atom. The molecule has 2 unspecified atom stereocenters. The number of carboxylic acid groups (broad SMARTS) is 1. The standard InChI is InChI=1S/C11H20N2O3/c14-11(15)10-7-9(10)8-12-1-2-13-3-5-16-6-4-13/h9-10,12H,1-8H2,(H,14,15). The zero-order chi connectivity index (χ0) is 11.4. The molecule has 1 heterocycles. The molecule has 2 atom stereocenters. The molecule has 2 rings (SSSR count). The highest BCUT2D eigenvalue weighted by Gasteiger charge is 2.42. The summed E-state index contributed by atoms with van der Waals surface area (Å²) in [5, 5.41) is 12.1. The molecule has 0 bridgehead atoms. The second kappa shape index (κ2) is 5.61. The predicted octanol–water partition coefficient (Wildman–Crippen LogP) is -0.371. The van der Waals surface area contributed by atoms with E-state index in [1.54, 1.807) is 0 Å². The van der Waals surface area contributed by atoms with Gasteiger partial charge in [-0.2, -0.15) is 0 Å². The largest absolute Gasteiger partial charge is 0.481 e. The van der Waals surface area contributed by atoms with Gasteiger partial charge in [-0.1, -0.05) is 0 Å². The van der Waals surface area contributed by atoms with E-state index in [9.17, 15) is 4.79 Å². The van der Waals surface area contributed by atoms with Crippen LogP contribution in [0.15, 0.2) is 0 Å². The van der Waals surface area contributed by atoms with Crippen LogP contribution in [0.4, 0.5) is 0 Å². The Labute approximate surface area is 95.8 Å². The van der Waals surface area contributed by atoms with Crippen LogP contribution in [0.5, 0.6) is 0 Å². The van der Waals surface area contributed by atoms with Gasteiger partial charge in [-0.3, -0.25) is 9.69 Å². The summed E-state index contributed by atoms with van der Waals surface area (Å²) < 4.78 is 5.27. The van der Waals surface area contributed by atoms with Crippen LogP contribution in [-0.2, 0) is 9.53 Å². The third kappa shape index (κ3) is 3.43. The van der Waals surface area contributed by atoms with Crippen LogP contribution in [0.25, 0.3) is 0 Å². The lowest BCUT2D eigenvalue weighted by Crippen LogP contribution is -2.40. The molecule has 2 N–H and O–H groups in total. The molecule has 0 aromatic heterocycles. The Kier molecular flexibility index (Phi) is 4.15. The van der Waals surface area contributed by atoms with Crippen molar-refractivity contribution in [3.05, 3.63) is 0 Å². The van der Waals surface area contributed by atoms with Crippen molar-refractivity contribution in [2.45, 2.75) is 6.42 Å². The zero-order valence-corrected chi connectivity index (χ0v) is 9.52. The first-order chi connectivity index (χ1) is 7.77. The minimum absolute atomic E-state index is 0.0871. The second-order valence-corrected chi connectivity index (χ2v) is 4.60. The number of carboxylic acids is 1. The van der Waals surface area contributed by atoms with Crippen molar-refractivity contribution >= 4 is 5.97 Å². The van der Waals surface area contributed by atoms with Gasteiger partial charge >= 0.3 is 5.97 Å². The minimum Gasteiger partial charge on any atom is -0.481 e. The van der Waals surface area contributed by atoms with Crippen LogP contribution in [0.2, 0.25) is 0 Å². The van der Waals surface area contributed by atoms with Crippen LogP contribution < -0.4 is 5.32 Å². The Hall–Kier alpha value is -0.650. The molecule has 0 spiro atoms. The van der Waals surface area contributed by atoms with Crippen LogP contribution in [0.3, 0.4) is 0 Å². The normalized spacial score (nSPS) is 30.2. The molecule has 0 aromatic rings. The molecule has 1 saturated heterocycles. The van der Waals surface area contributed by atoms with E-state index in [1.807, 2.05) is 0 Å². The fourth-order valence-corrected chi connectivity index (χ4v) is 2.13. The summed E-state index contributed by atoms with van der Waals surface area (Å²) >= 11 is 0. The highest BCUT2D eigenvalue weighted by molar-refractivity contribution is 5.73. The quantitative estimate of drug-likeness (QED) is 0.607. The first-order valence-corrected chi connectivity index (χ1v) is 6.01. The van der Waals surface area contributed by atoms with E-state index in [-0.39, 0.29) is 5.92 Å². The minimum atomic E-state index is -0.639. The number of hydrogen-bond donors (Lipinski definition) is 2. The Balaban J connectivity index is 1.48. The lowest BCUT2D eigenvalue weighted by molar-refractivity contribution is -0.138. The van der Waals surface area contributed by atoms with Gasteiger partial charge < -0.3 is 15.2 Å². The lowest BCUT2D eigenvalue weighted by Gasteiger charge is -2.26. The third-order valence-electron chi connectivity index (χ3n) is 3.35. The highest BCUT2D eigenvalue weighted by Crippen LogP contribution is 2.37. The van der Waals surface area contributed by atoms with Gasteiger partial charge in [-0.15, -0.1) is 0 Å². The van der Waals surface area contributed by atoms with Gasteiger partial charge in [0.05, 0.1) is 19.1 Å². The van der Waals surface area contributed by atoms with Crippen LogP contribution >= 0.6 is 0 Å². The number of carbonyl (C=O) groups is 1. The van der Waals surface area contributed by atoms with Gasteiger partial charge in [-0.25, -0.2) is 0 Å². The number of hydrogen-bond acceptors (Lipinski definition) is 4. The summed E-state index contributed by atoms with van der Waals surface area (Å²) in [5.74, 6) is -0.363. The number of morpholine rings is 1. The van der Waals surface area contributed by atoms with E-state index in [0.29, 0.717) is 5.92 Å². The third-order valence-corrected chi connectivity index (χ3v) is 3.35. The van der Waals surface area contributed by atoms with Crippen LogP contribution in [0, 0.1) is 11.8 Å². The average Bonchev–Trinajstić information content (AvgIpc) is 3.05. The molecular formula is C11H20N2O3. The summed E-state index contributed by atoms with van der Waals surface area (Å²) in [6.45, 7) is 6.54. The van der Waals surface area contributed by atoms with Crippen molar-refractivity contribution in [3.8, 4) is 0 Å². The molecule has 0 radical (unpaired) electrons. The Bertz CT molecular complexity index is 241. The van der Waals surface area contributed by atoms with Crippen molar-refractivity contribution in [1.82, 2.24) is 10.2 Å². The first kappa shape index (κ1) is 11.8. The van der Waals surface area contributed by atoms with Gasteiger partial charge in [0.1, 0.15) is 0 Å². The van der Waals surface area contributed by atoms with Crippen molar-refractivity contribution < 1.29 is 14.6 Å². The summed E-state index contributed by atoms with van der Waals surface area (Å²) in [7, 11) is 0. The summed E-state index contributed by atoms with van der Waals surface area (Å²) in [6.07, 6.45) is 0.847. The molecule has 1 saturated carbocycles. The van der Waals surface area contributed by atoms with E-state index >= 15 is 0 Å². The molecule has 5 nitrogen and oxygen atoms in total. The smallest absolute Gasteiger partial charge is 0.306 e. The second-order valence-electron chi connectivity index (χ2n) is 4.60. The topological polar surface area (TPSA) is 61.8 Å². The molecule has 0 aromatic carbocycles. The Morgan fingerprint density at radius 1 is 1.44 bits per heavy atom. The molecule has 92 valence electrons. The maximum absolute atomic E-state index is 10.6. The fourth-order valence-electron chi connectivity index (χ4n) is 2.13. The first-order valence-electron chi connectivity index (χ1n) is 6.01. The van der Waals surface area contributed by atoms with E-state index in [0.717, 1.165) is 52.4 Å². The van der Waals surface area contributed by atoms with Crippen LogP contribution in [-0.4, -0.2) is 61.9 Å². The van der Waals surface area contributed by atoms with Crippen LogP contribution in [0.1, 0.15) is 6.42 Å². The summed E-state index contributed by atoms with van der Waals surface area (Å²) in [5.41, 5.74) is 0. The number of rotatable bonds is 6. The Morgan fingerprint density at radius 2 is 2.19 bits per heavy atom. The fraction of sp³-hybridized carbons (Fsp3) is 0.909. The number of nitrogens with one attached hydrogen (secondary N) is 1. The molecule has 5 heteroatoms. The SMILES string of the molecule is O=C(O)C1CC1CNCCN1CCOCC1. The van der Waals surface area contributed by atoms with E-state index in [2.05, 4.69) is 10.2 Å². The van der Waals surface area contributed by atoms with Gasteiger partial charge in [-0.05, 0) is 18.9 Å². The van der Waals surface area contributed by atoms with E-state index in [1.165, 1.54) is 0 Å². The molecular weight excluding hydrogens is 208 g/mol. The monoisotopic (exact) mass is 228 g/mol. The van der Waals surface area contributed by atoms with Crippen molar-refractivity contribution in [1.29, 1.82) is 0 Å². The summed E-state index contributed by atoms with van der Waals surface area (Å²) in [6, 6.07) is 0. The maximum Gasteiger partial charge on any atom is 0.306 e. The average molecular weight is 228 g/mol. The maximum atomic E-state index is 10.6. The van der Waals surface area contributed by atoms with Crippen molar-refractivity contribution in [2.24, 2.45) is 11.8 Å². The van der Waals surface area contributed by atoms with Gasteiger partial charge in [0.2, 0.25) is 0 Å². The van der Waals surface area contributed by atoms with E-state index in [4.69, 9.17) is 9.84 Å². The summed E-state index contributed by atoms with van der Waals surface area (Å²) in [4.78, 5) is 13.0. The zero-order valence-electron chi connectivity index (χ0n) is 9.52. The number of nitrogens with zero attached hydrogens (tertiary/aromatic N) is 1. The van der Waals surface area contributed by atoms with E-state index < -0.39 is 5.97 Å². The van der Waals surface area contributed by atoms with Crippen molar-refractivity contribution in [2.75, 3.05) is 45.9 Å². The van der Waals surface area contributed by atoms with Gasteiger partial charge in [0, 0.05) is 26.2 Å². The van der Waals surface area contributed by atoms with Gasteiger partial charge in [0.15, 0.2) is 0 Å². The molecule has 0 amide bonds. The highest BCUT2D eigenvalue weighted by atomic mass is 16.5. The van der Waals surface area contributed by atoms with Gasteiger partial charge in [0.25, 0.3) is 0 Å². The molecule has 1 aliphatic heterocycles. The molecule has 1 aliphatic carbocycles. The molecule has 2 fully saturated rings. The van der Waals surface area contributed by atoms with Crippen molar-refractivity contribution in [3.63, 3.8) is 0 Å². The predicted molar refractivity (Wildman–Crippen MR) is 59.4 cm³/mol. The number of aliphatic carboxylic acids is 1. The lowest BCUT2D eigenvalue weighted by atomic mass is 10.3.